The molecule has 5 aromatic carbocycles. The van der Waals surface area contributed by atoms with Gasteiger partial charge in [0.25, 0.3) is 11.8 Å². The number of pyridine rings is 2. The fourth-order valence-corrected chi connectivity index (χ4v) is 9.23. The number of carbonyl (C=O) groups is 5. The van der Waals surface area contributed by atoms with Gasteiger partial charge in [0.1, 0.15) is 0 Å². The quantitative estimate of drug-likeness (QED) is 0.0190. The van der Waals surface area contributed by atoms with Gasteiger partial charge in [-0.15, -0.1) is 0 Å². The Hall–Kier alpha value is -9.89. The maximum absolute atomic E-state index is 12.4. The molecule has 0 aliphatic carbocycles. The minimum atomic E-state index is -5.08. The van der Waals surface area contributed by atoms with E-state index in [1.165, 1.54) is 29.8 Å². The van der Waals surface area contributed by atoms with Gasteiger partial charge in [0.15, 0.2) is 32.8 Å². The second-order valence-corrected chi connectivity index (χ2v) is 22.1. The summed E-state index contributed by atoms with van der Waals surface area (Å²) in [7, 11) is 0.868. The van der Waals surface area contributed by atoms with Gasteiger partial charge in [-0.25, -0.2) is 22.8 Å². The van der Waals surface area contributed by atoms with Crippen molar-refractivity contribution < 1.29 is 106 Å². The molecule has 2 heterocycles. The third-order valence-corrected chi connectivity index (χ3v) is 14.0. The van der Waals surface area contributed by atoms with Crippen LogP contribution in [-0.2, 0) is 50.2 Å². The number of amides is 2. The Balaban J connectivity index is 0.000000386. The summed E-state index contributed by atoms with van der Waals surface area (Å²) in [6.07, 6.45) is -9.52. The number of ether oxygens (including phenoxy) is 4. The number of halogens is 9. The molecule has 0 spiro atoms. The van der Waals surface area contributed by atoms with Crippen molar-refractivity contribution in [1.29, 1.82) is 0 Å². The minimum absolute atomic E-state index is 0.260. The molecule has 524 valence electrons. The first kappa shape index (κ1) is 80.3. The van der Waals surface area contributed by atoms with E-state index < -0.39 is 58.1 Å². The maximum atomic E-state index is 12.4. The van der Waals surface area contributed by atoms with Gasteiger partial charge in [-0.2, -0.15) is 39.5 Å². The zero-order valence-corrected chi connectivity index (χ0v) is 54.3. The van der Waals surface area contributed by atoms with E-state index in [0.717, 1.165) is 66.1 Å². The number of nitrogens with one attached hydrogen (secondary N) is 4. The zero-order chi connectivity index (χ0) is 72.5. The number of aromatic nitrogens is 2. The molecule has 0 unspecified atom stereocenters. The lowest BCUT2D eigenvalue weighted by Crippen LogP contribution is -2.26. The molecule has 0 aliphatic rings. The molecule has 0 aliphatic heterocycles. The predicted molar refractivity (Wildman–Crippen MR) is 342 cm³/mol. The van der Waals surface area contributed by atoms with Crippen LogP contribution < -0.4 is 51.7 Å². The van der Waals surface area contributed by atoms with Gasteiger partial charge >= 0.3 is 36.4 Å². The van der Waals surface area contributed by atoms with Crippen LogP contribution in [0.1, 0.15) is 84.5 Å². The van der Waals surface area contributed by atoms with E-state index in [4.69, 9.17) is 60.1 Å². The molecule has 7 aromatic rings. The number of likely N-dealkylation sites (N-methyl/N-ethyl adjacent to an activating group) is 1. The molecular formula is C63H74F9N9O14S. The van der Waals surface area contributed by atoms with Crippen molar-refractivity contribution >= 4 is 89.8 Å². The normalized spacial score (nSPS) is 11.2. The molecule has 2 amide bonds. The third kappa shape index (κ3) is 24.5. The average molecular weight is 1380 g/mol. The predicted octanol–water partition coefficient (Wildman–Crippen LogP) is 11.4. The van der Waals surface area contributed by atoms with Crippen LogP contribution in [0.3, 0.4) is 0 Å². The largest absolute Gasteiger partial charge is 0.490 e. The van der Waals surface area contributed by atoms with Crippen LogP contribution >= 0.6 is 0 Å². The number of alkyl halides is 9. The summed E-state index contributed by atoms with van der Waals surface area (Å²) in [4.78, 5) is 62.9. The highest BCUT2D eigenvalue weighted by molar-refractivity contribution is 7.90. The van der Waals surface area contributed by atoms with Gasteiger partial charge in [0.2, 0.25) is 0 Å². The van der Waals surface area contributed by atoms with Crippen LogP contribution in [0.5, 0.6) is 23.0 Å². The second-order valence-electron chi connectivity index (χ2n) is 20.1. The van der Waals surface area contributed by atoms with Crippen LogP contribution in [0.25, 0.3) is 21.8 Å². The Morgan fingerprint density at radius 1 is 0.542 bits per heavy atom. The number of hydrogen-bond acceptors (Lipinski definition) is 18. The fraction of sp³-hybridized carbons (Fsp3) is 0.349. The number of sulfone groups is 1. The van der Waals surface area contributed by atoms with E-state index in [-0.39, 0.29) is 10.5 Å². The van der Waals surface area contributed by atoms with Crippen LogP contribution in [0.15, 0.2) is 102 Å². The molecule has 96 heavy (non-hydrogen) atoms. The van der Waals surface area contributed by atoms with E-state index in [1.54, 1.807) is 30.3 Å². The summed E-state index contributed by atoms with van der Waals surface area (Å²) < 4.78 is 142. The molecule has 23 nitrogen and oxygen atoms in total. The highest BCUT2D eigenvalue weighted by atomic mass is 32.2. The van der Waals surface area contributed by atoms with Crippen LogP contribution in [0, 0.1) is 0 Å². The Morgan fingerprint density at radius 2 is 0.885 bits per heavy atom. The lowest BCUT2D eigenvalue weighted by atomic mass is 10.0. The summed E-state index contributed by atoms with van der Waals surface area (Å²) in [6.45, 7) is 16.9. The van der Waals surface area contributed by atoms with Gasteiger partial charge < -0.3 is 71.9 Å². The highest BCUT2D eigenvalue weighted by Gasteiger charge is 2.39. The van der Waals surface area contributed by atoms with Crippen LogP contribution in [0.2, 0.25) is 0 Å². The van der Waals surface area contributed by atoms with Crippen molar-refractivity contribution in [3.05, 3.63) is 131 Å². The molecule has 0 saturated heterocycles. The highest BCUT2D eigenvalue weighted by Crippen LogP contribution is 2.40. The number of carboxylic acids is 3. The summed E-state index contributed by atoms with van der Waals surface area (Å²) in [5, 5.41) is 36.7. The van der Waals surface area contributed by atoms with Gasteiger partial charge in [0, 0.05) is 84.8 Å². The average Bonchev–Trinajstić information content (AvgIpc) is 0.784. The number of primary amides is 2. The van der Waals surface area contributed by atoms with Crippen molar-refractivity contribution in [2.75, 3.05) is 75.8 Å². The topological polar surface area (TPSA) is 346 Å². The first-order valence-electron chi connectivity index (χ1n) is 29.0. The summed E-state index contributed by atoms with van der Waals surface area (Å²) in [5.74, 6) is -7.07. The number of anilines is 5. The molecule has 0 fully saturated rings. The monoisotopic (exact) mass is 1380 g/mol. The molecule has 7 rings (SSSR count). The number of benzene rings is 5. The van der Waals surface area contributed by atoms with E-state index >= 15 is 0 Å². The molecule has 0 saturated carbocycles. The zero-order valence-electron chi connectivity index (χ0n) is 53.4. The molecule has 33 heteroatoms. The number of fused-ring (bicyclic) bond motifs is 2. The Morgan fingerprint density at radius 3 is 1.19 bits per heavy atom. The first-order valence-corrected chi connectivity index (χ1v) is 30.9. The molecule has 0 bridgehead atoms. The van der Waals surface area contributed by atoms with Gasteiger partial charge in [-0.1, -0.05) is 38.1 Å². The van der Waals surface area contributed by atoms with Crippen LogP contribution in [0.4, 0.5) is 68.0 Å². The lowest BCUT2D eigenvalue weighted by molar-refractivity contribution is -0.193. The first-order chi connectivity index (χ1) is 44.9. The molecule has 11 N–H and O–H groups in total. The number of carboxylic acid groups (broad SMARTS) is 3. The maximum Gasteiger partial charge on any atom is 0.490 e. The smallest absolute Gasteiger partial charge is 0.490 e. The van der Waals surface area contributed by atoms with E-state index in [0.29, 0.717) is 89.3 Å². The van der Waals surface area contributed by atoms with E-state index in [2.05, 4.69) is 70.1 Å². The summed E-state index contributed by atoms with van der Waals surface area (Å²) in [5.41, 5.74) is 21.6. The SMILES string of the molecule is CCOc1cc2ncc(C(N)=O)c(Nc3cccc(CNCCN(C)C)c3CC)c2cc1OCC.CCOc1cc2ncc(C(N)=O)c(Nc3cccc(CNc4ccc(S(C)(=O)=O)cc4)c3CC)c2cc1OCC.O=C(O)C(F)(F)F.O=C(O)C(F)(F)F.O=C(O)C(F)(F)F. The van der Waals surface area contributed by atoms with Gasteiger partial charge in [-0.05, 0) is 125 Å². The molecule has 0 radical (unpaired) electrons. The summed E-state index contributed by atoms with van der Waals surface area (Å²) in [6, 6.07) is 26.1. The van der Waals surface area contributed by atoms with Gasteiger partial charge in [-0.3, -0.25) is 19.6 Å². The standard InChI is InChI=1S/C30H34N4O5S.C27H37N5O3.3C2HF3O2/c1-5-22-19(17-32-20-11-13-21(14-12-20)40(4,36)37)9-8-10-25(22)34-29-23-15-27(38-6-2)28(39-7-3)16-26(23)33-18-24(29)30(31)35;1-6-19-18(16-29-12-13-32(4)5)10-9-11-22(19)31-26-20-14-24(34-7-2)25(35-8-3)15-23(20)30-17-21(26)27(28)33;3*3-2(4,5)1(6)7/h8-16,18,32H,5-7,17H2,1-4H3,(H2,31,35)(H,33,34);9-11,14-15,17,29H,6-8,12-13,16H2,1-5H3,(H2,28,33)(H,30,31);3*(H,6,7). The molecular weight excluding hydrogens is 1310 g/mol. The second kappa shape index (κ2) is 36.7. The number of rotatable bonds is 25. The third-order valence-electron chi connectivity index (χ3n) is 12.9. The molecule has 2 aromatic heterocycles. The van der Waals surface area contributed by atoms with Crippen molar-refractivity contribution in [3.8, 4) is 23.0 Å². The molecule has 0 atom stereocenters. The summed E-state index contributed by atoms with van der Waals surface area (Å²) >= 11 is 0. The van der Waals surface area contributed by atoms with Crippen molar-refractivity contribution in [2.45, 2.75) is 90.9 Å². The van der Waals surface area contributed by atoms with Crippen molar-refractivity contribution in [3.63, 3.8) is 0 Å². The number of aliphatic carboxylic acids is 3. The van der Waals surface area contributed by atoms with Crippen molar-refractivity contribution in [1.82, 2.24) is 20.2 Å². The van der Waals surface area contributed by atoms with E-state index in [9.17, 15) is 57.5 Å². The van der Waals surface area contributed by atoms with Crippen LogP contribution in [-0.4, -0.2) is 147 Å². The number of nitrogens with two attached hydrogens (primary N) is 2. The van der Waals surface area contributed by atoms with Gasteiger partial charge in [0.05, 0.1) is 64.9 Å². The fourth-order valence-electron chi connectivity index (χ4n) is 8.60. The number of carbonyl (C=O) groups excluding carboxylic acids is 2. The van der Waals surface area contributed by atoms with E-state index in [1.807, 2.05) is 76.2 Å². The Bertz CT molecular complexity index is 3860. The Labute approximate surface area is 546 Å². The Kier molecular flexibility index (Phi) is 30.7. The van der Waals surface area contributed by atoms with Crippen molar-refractivity contribution in [2.24, 2.45) is 11.5 Å². The lowest BCUT2D eigenvalue weighted by Gasteiger charge is -2.20. The number of hydrogen-bond donors (Lipinski definition) is 9. The minimum Gasteiger partial charge on any atom is -0.490 e. The number of nitrogens with zero attached hydrogens (tertiary/aromatic N) is 3.